The van der Waals surface area contributed by atoms with Crippen molar-refractivity contribution in [2.24, 2.45) is 5.84 Å². The molecule has 0 aliphatic heterocycles. The summed E-state index contributed by atoms with van der Waals surface area (Å²) in [6.45, 7) is 6.97. The van der Waals surface area contributed by atoms with Gasteiger partial charge in [-0.05, 0) is 32.4 Å². The summed E-state index contributed by atoms with van der Waals surface area (Å²) in [6.07, 6.45) is 4.91. The Morgan fingerprint density at radius 1 is 1.47 bits per heavy atom. The normalized spacial score (nSPS) is 10.6. The minimum Gasteiger partial charge on any atom is -0.336 e. The number of hydrazine groups is 1. The van der Waals surface area contributed by atoms with Crippen molar-refractivity contribution >= 4 is 11.7 Å². The van der Waals surface area contributed by atoms with Crippen molar-refractivity contribution in [3.05, 3.63) is 23.9 Å². The van der Waals surface area contributed by atoms with E-state index in [1.54, 1.807) is 18.3 Å². The molecule has 1 rings (SSSR count). The minimum absolute atomic E-state index is 0.0212. The summed E-state index contributed by atoms with van der Waals surface area (Å²) in [7, 11) is 0. The molecular weight excluding hydrogens is 240 g/mol. The zero-order valence-electron chi connectivity index (χ0n) is 12.0. The van der Waals surface area contributed by atoms with Gasteiger partial charge in [0.05, 0.1) is 5.56 Å². The van der Waals surface area contributed by atoms with Crippen LogP contribution in [-0.4, -0.2) is 28.4 Å². The second-order valence-corrected chi connectivity index (χ2v) is 4.84. The summed E-state index contributed by atoms with van der Waals surface area (Å²) in [5.41, 5.74) is 3.00. The Kier molecular flexibility index (Phi) is 6.29. The molecule has 5 nitrogen and oxygen atoms in total. The van der Waals surface area contributed by atoms with Crippen molar-refractivity contribution < 1.29 is 4.79 Å². The van der Waals surface area contributed by atoms with Crippen LogP contribution < -0.4 is 11.3 Å². The first-order valence-electron chi connectivity index (χ1n) is 6.84. The number of hydrogen-bond donors (Lipinski definition) is 2. The first-order chi connectivity index (χ1) is 9.11. The topological polar surface area (TPSA) is 71.2 Å². The third-order valence-corrected chi connectivity index (χ3v) is 3.06. The van der Waals surface area contributed by atoms with E-state index in [0.717, 1.165) is 25.8 Å². The number of rotatable bonds is 7. The molecule has 0 fully saturated rings. The molecule has 19 heavy (non-hydrogen) atoms. The molecule has 0 bridgehead atoms. The third-order valence-electron chi connectivity index (χ3n) is 3.06. The molecule has 106 valence electrons. The van der Waals surface area contributed by atoms with Crippen molar-refractivity contribution in [1.29, 1.82) is 0 Å². The molecule has 0 aliphatic rings. The number of amides is 1. The van der Waals surface area contributed by atoms with Crippen LogP contribution in [0.15, 0.2) is 18.3 Å². The molecule has 0 saturated carbocycles. The maximum atomic E-state index is 12.6. The van der Waals surface area contributed by atoms with Gasteiger partial charge in [0.1, 0.15) is 0 Å². The highest BCUT2D eigenvalue weighted by molar-refractivity contribution is 5.98. The summed E-state index contributed by atoms with van der Waals surface area (Å²) < 4.78 is 0. The second kappa shape index (κ2) is 7.74. The lowest BCUT2D eigenvalue weighted by atomic mass is 10.1. The summed E-state index contributed by atoms with van der Waals surface area (Å²) in [5, 5.41) is 0. The number of hydrogen-bond acceptors (Lipinski definition) is 4. The van der Waals surface area contributed by atoms with Crippen molar-refractivity contribution in [3.63, 3.8) is 0 Å². The van der Waals surface area contributed by atoms with Crippen molar-refractivity contribution in [3.8, 4) is 0 Å². The number of carbonyl (C=O) groups is 1. The molecule has 1 aromatic rings. The molecule has 0 radical (unpaired) electrons. The van der Waals surface area contributed by atoms with E-state index in [2.05, 4.69) is 17.3 Å². The van der Waals surface area contributed by atoms with Gasteiger partial charge in [-0.25, -0.2) is 10.8 Å². The molecule has 0 atom stereocenters. The minimum atomic E-state index is -0.0212. The predicted octanol–water partition coefficient (Wildman–Crippen LogP) is 2.41. The fraction of sp³-hybridized carbons (Fsp3) is 0.571. The Bertz CT molecular complexity index is 406. The number of nitrogens with two attached hydrogens (primary N) is 1. The average molecular weight is 264 g/mol. The molecular formula is C14H24N4O. The highest BCUT2D eigenvalue weighted by Gasteiger charge is 2.21. The number of nitrogens with zero attached hydrogens (tertiary/aromatic N) is 2. The molecule has 5 heteroatoms. The zero-order chi connectivity index (χ0) is 14.3. The molecule has 0 unspecified atom stereocenters. The van der Waals surface area contributed by atoms with Gasteiger partial charge in [-0.15, -0.1) is 0 Å². The first kappa shape index (κ1) is 15.4. The zero-order valence-corrected chi connectivity index (χ0v) is 12.0. The lowest BCUT2D eigenvalue weighted by Crippen LogP contribution is -2.38. The van der Waals surface area contributed by atoms with Crippen LogP contribution in [0.4, 0.5) is 5.82 Å². The van der Waals surface area contributed by atoms with E-state index in [1.807, 2.05) is 18.7 Å². The van der Waals surface area contributed by atoms with E-state index >= 15 is 0 Å². The lowest BCUT2D eigenvalue weighted by Gasteiger charge is -2.27. The van der Waals surface area contributed by atoms with Gasteiger partial charge in [-0.1, -0.05) is 19.8 Å². The highest BCUT2D eigenvalue weighted by Crippen LogP contribution is 2.15. The number of nitrogen functional groups attached to an aromatic ring is 1. The fourth-order valence-electron chi connectivity index (χ4n) is 1.97. The monoisotopic (exact) mass is 264 g/mol. The van der Waals surface area contributed by atoms with Crippen LogP contribution in [-0.2, 0) is 0 Å². The third kappa shape index (κ3) is 4.21. The van der Waals surface area contributed by atoms with Gasteiger partial charge < -0.3 is 10.3 Å². The van der Waals surface area contributed by atoms with Gasteiger partial charge in [-0.3, -0.25) is 4.79 Å². The molecule has 1 amide bonds. The molecule has 3 N–H and O–H groups in total. The number of aromatic nitrogens is 1. The standard InChI is InChI=1S/C14H24N4O/c1-4-5-6-10-18(11(2)3)14(19)12-8-7-9-16-13(12)17-15/h7-9,11H,4-6,10,15H2,1-3H3,(H,16,17). The van der Waals surface area contributed by atoms with E-state index in [0.29, 0.717) is 11.4 Å². The number of anilines is 1. The van der Waals surface area contributed by atoms with Crippen LogP contribution in [0.25, 0.3) is 0 Å². The van der Waals surface area contributed by atoms with Crippen molar-refractivity contribution in [1.82, 2.24) is 9.88 Å². The second-order valence-electron chi connectivity index (χ2n) is 4.84. The summed E-state index contributed by atoms with van der Waals surface area (Å²) >= 11 is 0. The largest absolute Gasteiger partial charge is 0.336 e. The van der Waals surface area contributed by atoms with Gasteiger partial charge in [0.15, 0.2) is 5.82 Å². The number of carbonyl (C=O) groups excluding carboxylic acids is 1. The maximum absolute atomic E-state index is 12.6. The number of unbranched alkanes of at least 4 members (excludes halogenated alkanes) is 2. The van der Waals surface area contributed by atoms with Gasteiger partial charge in [0.2, 0.25) is 0 Å². The SMILES string of the molecule is CCCCCN(C(=O)c1cccnc1NN)C(C)C. The Balaban J connectivity index is 2.86. The fourth-order valence-corrected chi connectivity index (χ4v) is 1.97. The van der Waals surface area contributed by atoms with Crippen LogP contribution in [0.1, 0.15) is 50.4 Å². The summed E-state index contributed by atoms with van der Waals surface area (Å²) in [6, 6.07) is 3.66. The quantitative estimate of drug-likeness (QED) is 0.451. The van der Waals surface area contributed by atoms with Crippen LogP contribution in [0.3, 0.4) is 0 Å². The van der Waals surface area contributed by atoms with Gasteiger partial charge in [0.25, 0.3) is 5.91 Å². The number of pyridine rings is 1. The molecule has 0 saturated heterocycles. The van der Waals surface area contributed by atoms with Crippen LogP contribution in [0, 0.1) is 0 Å². The van der Waals surface area contributed by atoms with Crippen LogP contribution >= 0.6 is 0 Å². The van der Waals surface area contributed by atoms with Crippen LogP contribution in [0.5, 0.6) is 0 Å². The number of nitrogens with one attached hydrogen (secondary N) is 1. The maximum Gasteiger partial charge on any atom is 0.257 e. The average Bonchev–Trinajstić information content (AvgIpc) is 2.42. The van der Waals surface area contributed by atoms with E-state index in [9.17, 15) is 4.79 Å². The summed E-state index contributed by atoms with van der Waals surface area (Å²) in [4.78, 5) is 18.5. The highest BCUT2D eigenvalue weighted by atomic mass is 16.2. The Labute approximate surface area is 115 Å². The van der Waals surface area contributed by atoms with E-state index in [-0.39, 0.29) is 11.9 Å². The Morgan fingerprint density at radius 3 is 2.79 bits per heavy atom. The van der Waals surface area contributed by atoms with E-state index < -0.39 is 0 Å². The van der Waals surface area contributed by atoms with Gasteiger partial charge in [0, 0.05) is 18.8 Å². The molecule has 0 aliphatic carbocycles. The molecule has 0 spiro atoms. The van der Waals surface area contributed by atoms with Gasteiger partial charge >= 0.3 is 0 Å². The van der Waals surface area contributed by atoms with Gasteiger partial charge in [-0.2, -0.15) is 0 Å². The molecule has 0 aromatic carbocycles. The Morgan fingerprint density at radius 2 is 2.21 bits per heavy atom. The van der Waals surface area contributed by atoms with E-state index in [4.69, 9.17) is 5.84 Å². The van der Waals surface area contributed by atoms with E-state index in [1.165, 1.54) is 0 Å². The molecule has 1 heterocycles. The lowest BCUT2D eigenvalue weighted by molar-refractivity contribution is 0.0703. The predicted molar refractivity (Wildman–Crippen MR) is 77.7 cm³/mol. The first-order valence-corrected chi connectivity index (χ1v) is 6.84. The smallest absolute Gasteiger partial charge is 0.257 e. The molecule has 1 aromatic heterocycles. The Hall–Kier alpha value is -1.62. The van der Waals surface area contributed by atoms with Crippen molar-refractivity contribution in [2.45, 2.75) is 46.1 Å². The van der Waals surface area contributed by atoms with Crippen molar-refractivity contribution in [2.75, 3.05) is 12.0 Å². The summed E-state index contributed by atoms with van der Waals surface area (Å²) in [5.74, 6) is 5.81. The van der Waals surface area contributed by atoms with Crippen LogP contribution in [0.2, 0.25) is 0 Å².